The molecule has 1 aromatic heterocycles. The van der Waals surface area contributed by atoms with Crippen LogP contribution in [0.4, 0.5) is 0 Å². The molecule has 0 radical (unpaired) electrons. The molecule has 18 heavy (non-hydrogen) atoms. The molecule has 100 valence electrons. The molecule has 6 heteroatoms. The first-order chi connectivity index (χ1) is 8.47. The van der Waals surface area contributed by atoms with Gasteiger partial charge in [-0.05, 0) is 31.4 Å². The molecule has 1 heterocycles. The van der Waals surface area contributed by atoms with Crippen molar-refractivity contribution in [3.8, 4) is 0 Å². The zero-order chi connectivity index (χ0) is 13.7. The Morgan fingerprint density at radius 3 is 2.67 bits per heavy atom. The van der Waals surface area contributed by atoms with Gasteiger partial charge in [0.05, 0.1) is 5.56 Å². The van der Waals surface area contributed by atoms with Gasteiger partial charge in [0, 0.05) is 18.9 Å². The summed E-state index contributed by atoms with van der Waals surface area (Å²) in [7, 11) is 1.84. The second-order valence-corrected chi connectivity index (χ2v) is 5.06. The molecule has 0 aliphatic heterocycles. The van der Waals surface area contributed by atoms with Crippen molar-refractivity contribution in [1.82, 2.24) is 9.88 Å². The predicted molar refractivity (Wildman–Crippen MR) is 72.0 cm³/mol. The van der Waals surface area contributed by atoms with Gasteiger partial charge in [0.25, 0.3) is 5.91 Å². The Balaban J connectivity index is 2.72. The van der Waals surface area contributed by atoms with Gasteiger partial charge < -0.3 is 15.0 Å². The van der Waals surface area contributed by atoms with Crippen LogP contribution in [0.2, 0.25) is 0 Å². The van der Waals surface area contributed by atoms with Gasteiger partial charge in [-0.25, -0.2) is 4.79 Å². The van der Waals surface area contributed by atoms with Gasteiger partial charge >= 0.3 is 5.97 Å². The average molecular weight is 270 g/mol. The molecule has 1 rings (SSSR count). The first-order valence-electron chi connectivity index (χ1n) is 5.62. The van der Waals surface area contributed by atoms with Gasteiger partial charge in [0.1, 0.15) is 6.04 Å². The first kappa shape index (κ1) is 14.6. The van der Waals surface area contributed by atoms with Crippen LogP contribution < -0.4 is 5.32 Å². The number of rotatable bonds is 6. The highest BCUT2D eigenvalue weighted by Gasteiger charge is 2.21. The predicted octanol–water partition coefficient (Wildman–Crippen LogP) is 1.27. The summed E-state index contributed by atoms with van der Waals surface area (Å²) in [6.45, 7) is 1.83. The average Bonchev–Trinajstić information content (AvgIpc) is 2.65. The molecule has 0 aliphatic rings. The van der Waals surface area contributed by atoms with Crippen LogP contribution in [-0.4, -0.2) is 39.6 Å². The summed E-state index contributed by atoms with van der Waals surface area (Å²) in [5.41, 5.74) is 1.34. The lowest BCUT2D eigenvalue weighted by molar-refractivity contribution is -0.139. The van der Waals surface area contributed by atoms with Crippen molar-refractivity contribution in [2.45, 2.75) is 19.4 Å². The number of hydrogen-bond donors (Lipinski definition) is 2. The number of amides is 1. The first-order valence-corrected chi connectivity index (χ1v) is 7.01. The van der Waals surface area contributed by atoms with Crippen molar-refractivity contribution in [2.24, 2.45) is 7.05 Å². The molecule has 0 fully saturated rings. The molecule has 0 aliphatic carbocycles. The number of aryl methyl sites for hydroxylation is 1. The van der Waals surface area contributed by atoms with Crippen molar-refractivity contribution in [1.29, 1.82) is 0 Å². The molecule has 0 bridgehead atoms. The van der Waals surface area contributed by atoms with Crippen LogP contribution in [0.3, 0.4) is 0 Å². The fourth-order valence-corrected chi connectivity index (χ4v) is 2.05. The lowest BCUT2D eigenvalue weighted by atomic mass is 10.2. The molecule has 0 unspecified atom stereocenters. The minimum absolute atomic E-state index is 0.332. The Kier molecular flexibility index (Phi) is 5.27. The molecule has 0 saturated heterocycles. The Morgan fingerprint density at radius 1 is 1.56 bits per heavy atom. The topological polar surface area (TPSA) is 71.3 Å². The standard InChI is InChI=1S/C12H18N2O3S/c1-8-9(4-6-14(8)2)11(15)13-10(12(16)17)5-7-18-3/h4,6,10H,5,7H2,1-3H3,(H,13,15)(H,16,17)/t10-/m1/s1. The van der Waals surface area contributed by atoms with Gasteiger partial charge in [-0.3, -0.25) is 4.79 Å². The van der Waals surface area contributed by atoms with Crippen molar-refractivity contribution in [3.05, 3.63) is 23.5 Å². The van der Waals surface area contributed by atoms with Gasteiger partial charge in [-0.15, -0.1) is 0 Å². The molecule has 0 saturated carbocycles. The lowest BCUT2D eigenvalue weighted by Crippen LogP contribution is -2.41. The third kappa shape index (κ3) is 3.53. The highest BCUT2D eigenvalue weighted by molar-refractivity contribution is 7.98. The van der Waals surface area contributed by atoms with Crippen LogP contribution in [0.15, 0.2) is 12.3 Å². The van der Waals surface area contributed by atoms with Crippen molar-refractivity contribution in [3.63, 3.8) is 0 Å². The number of aromatic nitrogens is 1. The van der Waals surface area contributed by atoms with E-state index in [4.69, 9.17) is 5.11 Å². The summed E-state index contributed by atoms with van der Waals surface area (Å²) in [4.78, 5) is 23.0. The smallest absolute Gasteiger partial charge is 0.326 e. The minimum atomic E-state index is -0.994. The Morgan fingerprint density at radius 2 is 2.22 bits per heavy atom. The summed E-state index contributed by atoms with van der Waals surface area (Å²) in [5, 5.41) is 11.6. The van der Waals surface area contributed by atoms with Crippen LogP contribution >= 0.6 is 11.8 Å². The van der Waals surface area contributed by atoms with E-state index in [1.54, 1.807) is 24.0 Å². The molecule has 1 atom stereocenters. The molecule has 1 amide bonds. The molecule has 0 aromatic carbocycles. The van der Waals surface area contributed by atoms with E-state index in [2.05, 4.69) is 5.32 Å². The van der Waals surface area contributed by atoms with E-state index in [0.717, 1.165) is 5.69 Å². The minimum Gasteiger partial charge on any atom is -0.480 e. The number of hydrogen-bond acceptors (Lipinski definition) is 3. The van der Waals surface area contributed by atoms with Gasteiger partial charge in [-0.2, -0.15) is 11.8 Å². The fourth-order valence-electron chi connectivity index (χ4n) is 1.58. The van der Waals surface area contributed by atoms with E-state index >= 15 is 0 Å². The maximum absolute atomic E-state index is 12.0. The largest absolute Gasteiger partial charge is 0.480 e. The summed E-state index contributed by atoms with van der Waals surface area (Å²) in [6.07, 6.45) is 4.11. The van der Waals surface area contributed by atoms with Crippen molar-refractivity contribution >= 4 is 23.6 Å². The number of nitrogens with zero attached hydrogens (tertiary/aromatic N) is 1. The quantitative estimate of drug-likeness (QED) is 0.816. The molecule has 0 spiro atoms. The second-order valence-electron chi connectivity index (χ2n) is 4.07. The highest BCUT2D eigenvalue weighted by Crippen LogP contribution is 2.09. The maximum atomic E-state index is 12.0. The monoisotopic (exact) mass is 270 g/mol. The summed E-state index contributed by atoms with van der Waals surface area (Å²) < 4.78 is 1.83. The summed E-state index contributed by atoms with van der Waals surface area (Å²) >= 11 is 1.56. The number of carboxylic acid groups (broad SMARTS) is 1. The van der Waals surface area contributed by atoms with E-state index in [1.807, 2.05) is 24.8 Å². The normalized spacial score (nSPS) is 12.2. The number of carbonyl (C=O) groups excluding carboxylic acids is 1. The highest BCUT2D eigenvalue weighted by atomic mass is 32.2. The third-order valence-electron chi connectivity index (χ3n) is 2.84. The Bertz CT molecular complexity index is 443. The zero-order valence-electron chi connectivity index (χ0n) is 10.8. The van der Waals surface area contributed by atoms with Crippen molar-refractivity contribution < 1.29 is 14.7 Å². The Labute approximate surface area is 111 Å². The fraction of sp³-hybridized carbons (Fsp3) is 0.500. The van der Waals surface area contributed by atoms with Crippen LogP contribution in [0.1, 0.15) is 22.5 Å². The van der Waals surface area contributed by atoms with E-state index < -0.39 is 12.0 Å². The van der Waals surface area contributed by atoms with E-state index in [9.17, 15) is 9.59 Å². The molecule has 5 nitrogen and oxygen atoms in total. The van der Waals surface area contributed by atoms with Crippen molar-refractivity contribution in [2.75, 3.05) is 12.0 Å². The summed E-state index contributed by atoms with van der Waals surface area (Å²) in [6, 6.07) is 0.863. The number of aliphatic carboxylic acids is 1. The number of thioether (sulfide) groups is 1. The summed E-state index contributed by atoms with van der Waals surface area (Å²) in [5.74, 6) is -0.627. The van der Waals surface area contributed by atoms with E-state index in [1.165, 1.54) is 0 Å². The van der Waals surface area contributed by atoms with Crippen LogP contribution in [0.5, 0.6) is 0 Å². The van der Waals surface area contributed by atoms with Crippen LogP contribution in [-0.2, 0) is 11.8 Å². The van der Waals surface area contributed by atoms with Crippen LogP contribution in [0.25, 0.3) is 0 Å². The maximum Gasteiger partial charge on any atom is 0.326 e. The van der Waals surface area contributed by atoms with Crippen LogP contribution in [0, 0.1) is 6.92 Å². The molecule has 2 N–H and O–H groups in total. The number of carboxylic acids is 1. The van der Waals surface area contributed by atoms with E-state index in [-0.39, 0.29) is 5.91 Å². The van der Waals surface area contributed by atoms with Gasteiger partial charge in [-0.1, -0.05) is 0 Å². The van der Waals surface area contributed by atoms with Gasteiger partial charge in [0.15, 0.2) is 0 Å². The number of carbonyl (C=O) groups is 2. The SMILES string of the molecule is CSCC[C@@H](NC(=O)c1ccn(C)c1C)C(=O)O. The Hall–Kier alpha value is -1.43. The molecular weight excluding hydrogens is 252 g/mol. The molecular formula is C12H18N2O3S. The molecule has 1 aromatic rings. The van der Waals surface area contributed by atoms with Gasteiger partial charge in [0.2, 0.25) is 0 Å². The van der Waals surface area contributed by atoms with E-state index in [0.29, 0.717) is 17.7 Å². The zero-order valence-corrected chi connectivity index (χ0v) is 11.6. The second kappa shape index (κ2) is 6.49. The number of nitrogens with one attached hydrogen (secondary N) is 1. The lowest BCUT2D eigenvalue weighted by Gasteiger charge is -2.13. The third-order valence-corrected chi connectivity index (χ3v) is 3.49.